The molecule has 0 atom stereocenters. The first kappa shape index (κ1) is 19.4. The largest absolute Gasteiger partial charge is 0.493 e. The van der Waals surface area contributed by atoms with Crippen LogP contribution in [-0.2, 0) is 11.2 Å². The summed E-state index contributed by atoms with van der Waals surface area (Å²) in [7, 11) is 3.16. The van der Waals surface area contributed by atoms with Crippen molar-refractivity contribution in [3.8, 4) is 23.3 Å². The molecule has 0 aliphatic rings. The molecular weight excluding hydrogens is 356 g/mol. The third-order valence-electron chi connectivity index (χ3n) is 3.60. The van der Waals surface area contributed by atoms with Gasteiger partial charge in [0.2, 0.25) is 0 Å². The van der Waals surface area contributed by atoms with Gasteiger partial charge in [0, 0.05) is 6.54 Å². The first-order valence-corrected chi connectivity index (χ1v) is 8.25. The number of carbonyl (C=O) groups is 1. The molecule has 1 N–H and O–H groups in total. The number of rotatable bonds is 8. The highest BCUT2D eigenvalue weighted by Gasteiger charge is 2.08. The van der Waals surface area contributed by atoms with Gasteiger partial charge >= 0.3 is 0 Å². The van der Waals surface area contributed by atoms with Gasteiger partial charge in [0.25, 0.3) is 5.91 Å². The predicted molar refractivity (Wildman–Crippen MR) is 97.9 cm³/mol. The molecule has 136 valence electrons. The third kappa shape index (κ3) is 5.30. The van der Waals surface area contributed by atoms with E-state index in [0.29, 0.717) is 40.8 Å². The van der Waals surface area contributed by atoms with Crippen LogP contribution in [0.1, 0.15) is 11.1 Å². The number of halogens is 1. The van der Waals surface area contributed by atoms with Gasteiger partial charge in [-0.2, -0.15) is 5.26 Å². The zero-order valence-corrected chi connectivity index (χ0v) is 15.3. The summed E-state index contributed by atoms with van der Waals surface area (Å²) >= 11 is 6.00. The Morgan fingerprint density at radius 3 is 2.50 bits per heavy atom. The summed E-state index contributed by atoms with van der Waals surface area (Å²) in [6.07, 6.45) is 0.643. The van der Waals surface area contributed by atoms with Crippen molar-refractivity contribution in [1.82, 2.24) is 5.32 Å². The molecule has 0 unspecified atom stereocenters. The van der Waals surface area contributed by atoms with Crippen LogP contribution in [0.2, 0.25) is 5.02 Å². The van der Waals surface area contributed by atoms with E-state index in [1.807, 2.05) is 24.3 Å². The first-order valence-electron chi connectivity index (χ1n) is 7.87. The molecule has 0 saturated heterocycles. The Morgan fingerprint density at radius 1 is 1.12 bits per heavy atom. The zero-order chi connectivity index (χ0) is 18.9. The van der Waals surface area contributed by atoms with Crippen molar-refractivity contribution >= 4 is 17.5 Å². The number of nitriles is 1. The maximum Gasteiger partial charge on any atom is 0.257 e. The second kappa shape index (κ2) is 9.54. The maximum atomic E-state index is 11.9. The van der Waals surface area contributed by atoms with Crippen molar-refractivity contribution in [3.05, 3.63) is 52.5 Å². The Kier molecular flexibility index (Phi) is 7.12. The van der Waals surface area contributed by atoms with Gasteiger partial charge in [-0.25, -0.2) is 0 Å². The lowest BCUT2D eigenvalue weighted by atomic mass is 10.1. The van der Waals surface area contributed by atoms with Gasteiger partial charge in [-0.05, 0) is 42.3 Å². The quantitative estimate of drug-likeness (QED) is 0.768. The lowest BCUT2D eigenvalue weighted by Crippen LogP contribution is -2.30. The molecule has 0 spiro atoms. The molecule has 0 aliphatic heterocycles. The molecule has 0 aromatic heterocycles. The van der Waals surface area contributed by atoms with Gasteiger partial charge < -0.3 is 19.5 Å². The Hall–Kier alpha value is -2.91. The van der Waals surface area contributed by atoms with Gasteiger partial charge in [-0.15, -0.1) is 0 Å². The molecule has 0 aliphatic carbocycles. The lowest BCUT2D eigenvalue weighted by molar-refractivity contribution is -0.123. The fourth-order valence-corrected chi connectivity index (χ4v) is 2.50. The van der Waals surface area contributed by atoms with Crippen LogP contribution < -0.4 is 19.5 Å². The fourth-order valence-electron chi connectivity index (χ4n) is 2.26. The molecule has 0 saturated carbocycles. The number of benzene rings is 2. The van der Waals surface area contributed by atoms with Crippen molar-refractivity contribution in [2.24, 2.45) is 0 Å². The standard InChI is InChI=1S/C19H19ClN2O4/c1-24-17-6-3-13(10-18(17)25-2)7-8-22-19(23)12-26-16-5-4-14(11-21)9-15(16)20/h3-6,9-10H,7-8,12H2,1-2H3,(H,22,23). The Labute approximate surface area is 157 Å². The maximum absolute atomic E-state index is 11.9. The van der Waals surface area contributed by atoms with Crippen molar-refractivity contribution < 1.29 is 19.0 Å². The van der Waals surface area contributed by atoms with Crippen molar-refractivity contribution in [1.29, 1.82) is 5.26 Å². The van der Waals surface area contributed by atoms with Crippen LogP contribution >= 0.6 is 11.6 Å². The number of hydrogen-bond donors (Lipinski definition) is 1. The normalized spacial score (nSPS) is 9.92. The van der Waals surface area contributed by atoms with Gasteiger partial charge in [0.15, 0.2) is 18.1 Å². The van der Waals surface area contributed by atoms with Gasteiger partial charge in [-0.3, -0.25) is 4.79 Å². The molecule has 7 heteroatoms. The van der Waals surface area contributed by atoms with Crippen LogP contribution in [0, 0.1) is 11.3 Å². The summed E-state index contributed by atoms with van der Waals surface area (Å²) in [5.74, 6) is 1.41. The van der Waals surface area contributed by atoms with Crippen molar-refractivity contribution in [3.63, 3.8) is 0 Å². The van der Waals surface area contributed by atoms with E-state index >= 15 is 0 Å². The Morgan fingerprint density at radius 2 is 1.85 bits per heavy atom. The van der Waals surface area contributed by atoms with Crippen molar-refractivity contribution in [2.45, 2.75) is 6.42 Å². The molecule has 0 bridgehead atoms. The molecule has 2 rings (SSSR count). The molecule has 0 heterocycles. The number of methoxy groups -OCH3 is 2. The van der Waals surface area contributed by atoms with Gasteiger partial charge in [0.05, 0.1) is 30.9 Å². The number of nitrogens with one attached hydrogen (secondary N) is 1. The van der Waals surface area contributed by atoms with E-state index < -0.39 is 0 Å². The zero-order valence-electron chi connectivity index (χ0n) is 14.5. The Balaban J connectivity index is 1.80. The van der Waals surface area contributed by atoms with E-state index in [0.717, 1.165) is 5.56 Å². The minimum Gasteiger partial charge on any atom is -0.493 e. The molecule has 2 aromatic carbocycles. The first-order chi connectivity index (χ1) is 12.6. The monoisotopic (exact) mass is 374 g/mol. The van der Waals surface area contributed by atoms with Crippen LogP contribution in [0.3, 0.4) is 0 Å². The Bertz CT molecular complexity index is 818. The molecule has 26 heavy (non-hydrogen) atoms. The summed E-state index contributed by atoms with van der Waals surface area (Å²) in [6.45, 7) is 0.302. The highest BCUT2D eigenvalue weighted by molar-refractivity contribution is 6.32. The number of carbonyl (C=O) groups excluding carboxylic acids is 1. The number of hydrogen-bond acceptors (Lipinski definition) is 5. The van der Waals surface area contributed by atoms with E-state index in [1.165, 1.54) is 6.07 Å². The van der Waals surface area contributed by atoms with E-state index in [1.54, 1.807) is 26.4 Å². The average molecular weight is 375 g/mol. The second-order valence-electron chi connectivity index (χ2n) is 5.33. The van der Waals surface area contributed by atoms with E-state index in [9.17, 15) is 4.79 Å². The smallest absolute Gasteiger partial charge is 0.257 e. The second-order valence-corrected chi connectivity index (χ2v) is 5.74. The van der Waals surface area contributed by atoms with E-state index in [2.05, 4.69) is 5.32 Å². The SMILES string of the molecule is COc1ccc(CCNC(=O)COc2ccc(C#N)cc2Cl)cc1OC. The van der Waals surface area contributed by atoms with E-state index in [-0.39, 0.29) is 12.5 Å². The number of amides is 1. The van der Waals surface area contributed by atoms with Crippen LogP contribution in [-0.4, -0.2) is 33.3 Å². The van der Waals surface area contributed by atoms with Gasteiger partial charge in [0.1, 0.15) is 5.75 Å². The van der Waals surface area contributed by atoms with Crippen molar-refractivity contribution in [2.75, 3.05) is 27.4 Å². The van der Waals surface area contributed by atoms with Crippen LogP contribution in [0.25, 0.3) is 0 Å². The minimum absolute atomic E-state index is 0.155. The van der Waals surface area contributed by atoms with Gasteiger partial charge in [-0.1, -0.05) is 17.7 Å². The summed E-state index contributed by atoms with van der Waals surface area (Å²) in [4.78, 5) is 11.9. The highest BCUT2D eigenvalue weighted by atomic mass is 35.5. The molecule has 0 radical (unpaired) electrons. The number of ether oxygens (including phenoxy) is 3. The average Bonchev–Trinajstić information content (AvgIpc) is 2.66. The molecule has 0 fully saturated rings. The van der Waals surface area contributed by atoms with Crippen LogP contribution in [0.5, 0.6) is 17.2 Å². The van der Waals surface area contributed by atoms with Crippen LogP contribution in [0.4, 0.5) is 0 Å². The summed E-state index contributed by atoms with van der Waals surface area (Å²) in [5, 5.41) is 11.9. The van der Waals surface area contributed by atoms with E-state index in [4.69, 9.17) is 31.1 Å². The third-order valence-corrected chi connectivity index (χ3v) is 3.90. The minimum atomic E-state index is -0.258. The topological polar surface area (TPSA) is 80.6 Å². The highest BCUT2D eigenvalue weighted by Crippen LogP contribution is 2.27. The molecule has 2 aromatic rings. The molecular formula is C19H19ClN2O4. The summed E-state index contributed by atoms with van der Waals surface area (Å²) in [6, 6.07) is 12.2. The molecule has 1 amide bonds. The van der Waals surface area contributed by atoms with Crippen LogP contribution in [0.15, 0.2) is 36.4 Å². The number of nitrogens with zero attached hydrogens (tertiary/aromatic N) is 1. The fraction of sp³-hybridized carbons (Fsp3) is 0.263. The summed E-state index contributed by atoms with van der Waals surface area (Å²) < 4.78 is 15.8. The lowest BCUT2D eigenvalue weighted by Gasteiger charge is -2.11. The summed E-state index contributed by atoms with van der Waals surface area (Å²) in [5.41, 5.74) is 1.45. The predicted octanol–water partition coefficient (Wildman–Crippen LogP) is 2.97. The molecule has 6 nitrogen and oxygen atoms in total.